The number of fused-ring (bicyclic) bond motifs is 1. The van der Waals surface area contributed by atoms with Crippen molar-refractivity contribution in [2.24, 2.45) is 0 Å². The number of carbonyl (C=O) groups is 5. The van der Waals surface area contributed by atoms with Gasteiger partial charge in [0.25, 0.3) is 5.91 Å². The Kier molecular flexibility index (Phi) is 10.2. The van der Waals surface area contributed by atoms with Crippen LogP contribution in [0.15, 0.2) is 84.9 Å². The first kappa shape index (κ1) is 35.9. The fourth-order valence-electron chi connectivity index (χ4n) is 7.17. The number of carbonyl (C=O) groups excluding carboxylic acids is 5. The van der Waals surface area contributed by atoms with Crippen LogP contribution in [-0.4, -0.2) is 71.1 Å². The Morgan fingerprint density at radius 3 is 2.42 bits per heavy atom. The molecule has 13 nitrogen and oxygen atoms in total. The van der Waals surface area contributed by atoms with Gasteiger partial charge in [0.2, 0.25) is 17.7 Å². The summed E-state index contributed by atoms with van der Waals surface area (Å²) in [5.74, 6) is -1.09. The molecule has 268 valence electrons. The molecule has 3 heterocycles. The topological polar surface area (TPSA) is 193 Å². The van der Waals surface area contributed by atoms with Crippen molar-refractivity contribution in [3.8, 4) is 5.88 Å². The van der Waals surface area contributed by atoms with Crippen molar-refractivity contribution >= 4 is 42.0 Å². The summed E-state index contributed by atoms with van der Waals surface area (Å²) in [5, 5.41) is 5.81. The number of nitrogens with two attached hydrogens (primary N) is 1. The lowest BCUT2D eigenvalue weighted by Gasteiger charge is -2.41. The number of amides is 2. The number of hydrogen-bond acceptors (Lipinski definition) is 11. The maximum Gasteiger partial charge on any atom is 0.330 e. The summed E-state index contributed by atoms with van der Waals surface area (Å²) >= 11 is 0. The zero-order chi connectivity index (χ0) is 36.9. The number of nitrogens with one attached hydrogen (secondary N) is 2. The van der Waals surface area contributed by atoms with Crippen LogP contribution < -0.4 is 26.0 Å². The molecule has 2 amide bonds. The molecule has 3 atom stereocenters. The Labute approximate surface area is 300 Å². The van der Waals surface area contributed by atoms with Gasteiger partial charge in [0.05, 0.1) is 24.4 Å². The van der Waals surface area contributed by atoms with Crippen LogP contribution in [0, 0.1) is 6.92 Å². The van der Waals surface area contributed by atoms with Gasteiger partial charge < -0.3 is 35.0 Å². The van der Waals surface area contributed by atoms with E-state index in [0.717, 1.165) is 11.1 Å². The predicted octanol–water partition coefficient (Wildman–Crippen LogP) is 3.03. The average molecular weight is 705 g/mol. The molecular formula is C39H40N6O7. The van der Waals surface area contributed by atoms with E-state index >= 15 is 0 Å². The molecule has 52 heavy (non-hydrogen) atoms. The molecule has 0 radical (unpaired) electrons. The average Bonchev–Trinajstić information content (AvgIpc) is 3.86. The van der Waals surface area contributed by atoms with Crippen LogP contribution in [0.1, 0.15) is 52.5 Å². The molecule has 1 aromatic heterocycles. The molecule has 0 spiro atoms. The van der Waals surface area contributed by atoms with E-state index in [1.54, 1.807) is 56.3 Å². The summed E-state index contributed by atoms with van der Waals surface area (Å²) in [6, 6.07) is 25.1. The van der Waals surface area contributed by atoms with Crippen molar-refractivity contribution in [3.05, 3.63) is 113 Å². The number of nitrogen functional groups attached to an aromatic ring is 1. The van der Waals surface area contributed by atoms with Crippen LogP contribution in [0.4, 0.5) is 11.6 Å². The number of anilines is 2. The van der Waals surface area contributed by atoms with Crippen LogP contribution in [0.5, 0.6) is 5.88 Å². The van der Waals surface area contributed by atoms with Crippen molar-refractivity contribution in [2.75, 3.05) is 30.3 Å². The quantitative estimate of drug-likeness (QED) is 0.0713. The third kappa shape index (κ3) is 6.74. The molecule has 13 heteroatoms. The summed E-state index contributed by atoms with van der Waals surface area (Å²) in [4.78, 5) is 76.2. The first-order valence-corrected chi connectivity index (χ1v) is 17.0. The van der Waals surface area contributed by atoms with E-state index in [1.807, 2.05) is 42.5 Å². The SMILES string of the molecule is Cc1cc(OCCCc2ccc3c(c2)C(=O)NCC(=O)N3CC(C)(c2ccccc2)[C@@]2(C(=O)OCc3ccccc3)NC2(C=O)CC=O)nc(N)n1. The number of nitrogens with zero attached hydrogens (tertiary/aromatic N) is 3. The molecule has 6 rings (SSSR count). The summed E-state index contributed by atoms with van der Waals surface area (Å²) in [6.07, 6.45) is 2.02. The highest BCUT2D eigenvalue weighted by atomic mass is 16.5. The first-order valence-electron chi connectivity index (χ1n) is 17.0. The number of rotatable bonds is 15. The number of aryl methyl sites for hydroxylation is 2. The molecule has 1 fully saturated rings. The highest BCUT2D eigenvalue weighted by molar-refractivity contribution is 6.10. The lowest BCUT2D eigenvalue weighted by Crippen LogP contribution is -2.59. The molecule has 0 saturated carbocycles. The van der Waals surface area contributed by atoms with Crippen molar-refractivity contribution in [3.63, 3.8) is 0 Å². The van der Waals surface area contributed by atoms with E-state index in [0.29, 0.717) is 54.8 Å². The van der Waals surface area contributed by atoms with Crippen molar-refractivity contribution < 1.29 is 33.4 Å². The summed E-state index contributed by atoms with van der Waals surface area (Å²) in [6.45, 7) is 3.39. The molecule has 2 unspecified atom stereocenters. The molecule has 2 aliphatic heterocycles. The number of hydrogen-bond donors (Lipinski definition) is 3. The maximum absolute atomic E-state index is 14.4. The van der Waals surface area contributed by atoms with Gasteiger partial charge in [-0.15, -0.1) is 0 Å². The molecule has 1 saturated heterocycles. The number of benzene rings is 3. The van der Waals surface area contributed by atoms with Gasteiger partial charge in [-0.2, -0.15) is 4.98 Å². The second kappa shape index (κ2) is 14.7. The van der Waals surface area contributed by atoms with E-state index in [-0.39, 0.29) is 37.6 Å². The van der Waals surface area contributed by atoms with Gasteiger partial charge in [-0.1, -0.05) is 73.7 Å². The summed E-state index contributed by atoms with van der Waals surface area (Å²) < 4.78 is 11.6. The van der Waals surface area contributed by atoms with Crippen LogP contribution >= 0.6 is 0 Å². The first-order chi connectivity index (χ1) is 25.1. The minimum Gasteiger partial charge on any atom is -0.478 e. The zero-order valence-corrected chi connectivity index (χ0v) is 29.0. The Morgan fingerprint density at radius 2 is 1.73 bits per heavy atom. The van der Waals surface area contributed by atoms with Gasteiger partial charge in [0.1, 0.15) is 24.7 Å². The molecule has 3 aromatic carbocycles. The molecule has 2 aliphatic rings. The van der Waals surface area contributed by atoms with Crippen molar-refractivity contribution in [2.45, 2.75) is 56.2 Å². The smallest absolute Gasteiger partial charge is 0.330 e. The molecule has 0 aliphatic carbocycles. The molecule has 0 bridgehead atoms. The summed E-state index contributed by atoms with van der Waals surface area (Å²) in [7, 11) is 0. The van der Waals surface area contributed by atoms with Crippen molar-refractivity contribution in [1.29, 1.82) is 0 Å². The van der Waals surface area contributed by atoms with Gasteiger partial charge in [0, 0.05) is 30.1 Å². The largest absolute Gasteiger partial charge is 0.478 e. The predicted molar refractivity (Wildman–Crippen MR) is 192 cm³/mol. The second-order valence-electron chi connectivity index (χ2n) is 13.3. The van der Waals surface area contributed by atoms with E-state index in [4.69, 9.17) is 15.2 Å². The van der Waals surface area contributed by atoms with E-state index in [9.17, 15) is 24.0 Å². The van der Waals surface area contributed by atoms with Gasteiger partial charge >= 0.3 is 5.97 Å². The maximum atomic E-state index is 14.4. The summed E-state index contributed by atoms with van der Waals surface area (Å²) in [5.41, 5.74) is 4.50. The standard InChI is InChI=1S/C39H40N6O7/c1-26-20-32(43-36(40)42-26)51-19-9-12-27-15-16-31-30(21-27)34(49)41-22-33(48)45(31)24-37(2,29-13-7-4-8-14-29)39(38(25-47,44-39)17-18-46)35(50)52-23-28-10-5-3-6-11-28/h3-8,10-11,13-16,18,20-21,25,44H,9,12,17,19,22-24H2,1-2H3,(H,41,49)(H2,40,42,43)/t37?,38?,39-/m1/s1. The normalized spacial score (nSPS) is 20.5. The van der Waals surface area contributed by atoms with E-state index in [1.165, 1.54) is 4.90 Å². The molecule has 4 aromatic rings. The minimum absolute atomic E-state index is 0.0749. The third-order valence-electron chi connectivity index (χ3n) is 9.86. The molecular weight excluding hydrogens is 664 g/mol. The lowest BCUT2D eigenvalue weighted by molar-refractivity contribution is -0.151. The van der Waals surface area contributed by atoms with Crippen LogP contribution in [0.2, 0.25) is 0 Å². The van der Waals surface area contributed by atoms with Crippen LogP contribution in [0.3, 0.4) is 0 Å². The van der Waals surface area contributed by atoms with Crippen molar-refractivity contribution in [1.82, 2.24) is 20.6 Å². The van der Waals surface area contributed by atoms with Gasteiger partial charge in [-0.3, -0.25) is 14.9 Å². The van der Waals surface area contributed by atoms with E-state index < -0.39 is 34.3 Å². The van der Waals surface area contributed by atoms with Gasteiger partial charge in [-0.25, -0.2) is 9.78 Å². The Bertz CT molecular complexity index is 1970. The van der Waals surface area contributed by atoms with E-state index in [2.05, 4.69) is 20.6 Å². The zero-order valence-electron chi connectivity index (χ0n) is 29.0. The molecule has 4 N–H and O–H groups in total. The second-order valence-corrected chi connectivity index (χ2v) is 13.3. The Morgan fingerprint density at radius 1 is 1.00 bits per heavy atom. The number of aromatic nitrogens is 2. The fraction of sp³-hybridized carbons (Fsp3) is 0.308. The third-order valence-corrected chi connectivity index (χ3v) is 9.86. The highest BCUT2D eigenvalue weighted by Gasteiger charge is 2.80. The number of aldehydes is 2. The Hall–Kier alpha value is -5.95. The highest BCUT2D eigenvalue weighted by Crippen LogP contribution is 2.55. The monoisotopic (exact) mass is 704 g/mol. The number of ether oxygens (including phenoxy) is 2. The number of esters is 1. The van der Waals surface area contributed by atoms with Gasteiger partial charge in [0.15, 0.2) is 5.54 Å². The van der Waals surface area contributed by atoms with Crippen LogP contribution in [0.25, 0.3) is 0 Å². The van der Waals surface area contributed by atoms with Gasteiger partial charge in [-0.05, 0) is 48.6 Å². The fourth-order valence-corrected chi connectivity index (χ4v) is 7.17. The Balaban J connectivity index is 1.33. The lowest BCUT2D eigenvalue weighted by atomic mass is 9.65. The van der Waals surface area contributed by atoms with Crippen LogP contribution in [-0.2, 0) is 42.4 Å². The minimum atomic E-state index is -1.75.